The van der Waals surface area contributed by atoms with E-state index in [-0.39, 0.29) is 5.97 Å². The highest BCUT2D eigenvalue weighted by molar-refractivity contribution is 5.95. The van der Waals surface area contributed by atoms with Crippen molar-refractivity contribution in [2.75, 3.05) is 6.61 Å². The van der Waals surface area contributed by atoms with Gasteiger partial charge in [0.25, 0.3) is 0 Å². The van der Waals surface area contributed by atoms with Crippen LogP contribution in [-0.2, 0) is 9.53 Å². The minimum atomic E-state index is -0.214. The molecule has 0 N–H and O–H groups in total. The van der Waals surface area contributed by atoms with E-state index in [4.69, 9.17) is 4.74 Å². The molecule has 0 aromatic rings. The van der Waals surface area contributed by atoms with Crippen molar-refractivity contribution < 1.29 is 9.53 Å². The first-order valence-corrected chi connectivity index (χ1v) is 4.37. The highest BCUT2D eigenvalue weighted by Gasteiger charge is 2.22. The van der Waals surface area contributed by atoms with Crippen LogP contribution in [0.4, 0.5) is 0 Å². The topological polar surface area (TPSA) is 26.3 Å². The van der Waals surface area contributed by atoms with Crippen LogP contribution in [0.2, 0.25) is 0 Å². The Hall–Kier alpha value is -1.31. The number of rotatable bonds is 2. The zero-order chi connectivity index (χ0) is 9.84. The molecule has 70 valence electrons. The largest absolute Gasteiger partial charge is 0.457 e. The predicted octanol–water partition coefficient (Wildman–Crippen LogP) is 2.38. The van der Waals surface area contributed by atoms with Gasteiger partial charge in [0.1, 0.15) is 6.61 Å². The predicted molar refractivity (Wildman–Crippen MR) is 52.2 cm³/mol. The number of ether oxygens (including phenoxy) is 1. The summed E-state index contributed by atoms with van der Waals surface area (Å²) in [5.74, 6) is -0.214. The first-order valence-electron chi connectivity index (χ1n) is 4.37. The van der Waals surface area contributed by atoms with Crippen molar-refractivity contribution >= 4 is 5.97 Å². The molecule has 0 bridgehead atoms. The molecule has 1 heterocycles. The molecule has 0 aliphatic carbocycles. The number of cyclic esters (lactones) is 1. The van der Waals surface area contributed by atoms with Crippen LogP contribution in [-0.4, -0.2) is 12.6 Å². The molecular weight excluding hydrogens is 164 g/mol. The molecule has 0 saturated heterocycles. The second kappa shape index (κ2) is 4.08. The summed E-state index contributed by atoms with van der Waals surface area (Å²) in [5, 5.41) is 0. The monoisotopic (exact) mass is 178 g/mol. The molecule has 0 spiro atoms. The van der Waals surface area contributed by atoms with Crippen LogP contribution in [0.5, 0.6) is 0 Å². The van der Waals surface area contributed by atoms with E-state index in [2.05, 4.69) is 0 Å². The smallest absolute Gasteiger partial charge is 0.338 e. The summed E-state index contributed by atoms with van der Waals surface area (Å²) >= 11 is 0. The normalized spacial score (nSPS) is 18.7. The quantitative estimate of drug-likeness (QED) is 0.607. The third-order valence-corrected chi connectivity index (χ3v) is 2.13. The minimum Gasteiger partial charge on any atom is -0.457 e. The van der Waals surface area contributed by atoms with Gasteiger partial charge < -0.3 is 4.74 Å². The molecule has 0 amide bonds. The zero-order valence-corrected chi connectivity index (χ0v) is 8.26. The minimum absolute atomic E-state index is 0.214. The molecule has 0 radical (unpaired) electrons. The van der Waals surface area contributed by atoms with Crippen LogP contribution < -0.4 is 0 Å². The Kier molecular flexibility index (Phi) is 3.07. The second-order valence-corrected chi connectivity index (χ2v) is 2.94. The van der Waals surface area contributed by atoms with Crippen molar-refractivity contribution in [2.24, 2.45) is 0 Å². The zero-order valence-electron chi connectivity index (χ0n) is 8.26. The van der Waals surface area contributed by atoms with Crippen molar-refractivity contribution in [3.05, 3.63) is 34.9 Å². The van der Waals surface area contributed by atoms with Gasteiger partial charge in [0.15, 0.2) is 0 Å². The van der Waals surface area contributed by atoms with Gasteiger partial charge in [-0.3, -0.25) is 0 Å². The van der Waals surface area contributed by atoms with Gasteiger partial charge in [0, 0.05) is 5.57 Å². The van der Waals surface area contributed by atoms with Crippen LogP contribution >= 0.6 is 0 Å². The highest BCUT2D eigenvalue weighted by Crippen LogP contribution is 2.23. The molecule has 0 aromatic carbocycles. The van der Waals surface area contributed by atoms with Crippen molar-refractivity contribution in [2.45, 2.75) is 20.8 Å². The van der Waals surface area contributed by atoms with E-state index >= 15 is 0 Å². The fourth-order valence-electron chi connectivity index (χ4n) is 1.25. The lowest BCUT2D eigenvalue weighted by atomic mass is 10.0. The molecular formula is C11H14O2. The van der Waals surface area contributed by atoms with E-state index in [0.717, 1.165) is 11.1 Å². The number of hydrogen-bond donors (Lipinski definition) is 0. The van der Waals surface area contributed by atoms with E-state index in [1.807, 2.05) is 32.9 Å². The molecule has 1 aliphatic heterocycles. The lowest BCUT2D eigenvalue weighted by Gasteiger charge is -1.98. The first-order chi connectivity index (χ1) is 6.20. The number of allylic oxidation sites excluding steroid dienone is 2. The molecule has 0 atom stereocenters. The Balaban J connectivity index is 3.09. The Bertz CT molecular complexity index is 306. The molecule has 1 aliphatic rings. The molecule has 0 unspecified atom stereocenters. The van der Waals surface area contributed by atoms with Gasteiger partial charge in [-0.15, -0.1) is 0 Å². The van der Waals surface area contributed by atoms with Crippen LogP contribution in [0.25, 0.3) is 0 Å². The Morgan fingerprint density at radius 3 is 2.69 bits per heavy atom. The van der Waals surface area contributed by atoms with Crippen molar-refractivity contribution in [1.29, 1.82) is 0 Å². The molecule has 0 saturated carbocycles. The van der Waals surface area contributed by atoms with Crippen LogP contribution in [0.1, 0.15) is 20.8 Å². The summed E-state index contributed by atoms with van der Waals surface area (Å²) in [6, 6.07) is 0. The maximum Gasteiger partial charge on any atom is 0.338 e. The molecule has 1 rings (SSSR count). The summed E-state index contributed by atoms with van der Waals surface area (Å²) in [6.45, 7) is 6.25. The summed E-state index contributed by atoms with van der Waals surface area (Å²) in [5.41, 5.74) is 2.81. The molecule has 2 heteroatoms. The van der Waals surface area contributed by atoms with Gasteiger partial charge in [-0.2, -0.15) is 0 Å². The van der Waals surface area contributed by atoms with Crippen molar-refractivity contribution in [3.8, 4) is 0 Å². The lowest BCUT2D eigenvalue weighted by molar-refractivity contribution is -0.135. The van der Waals surface area contributed by atoms with Crippen molar-refractivity contribution in [1.82, 2.24) is 0 Å². The SMILES string of the molecule is C/C=C\C1=C(C(/C)=C\C)COC1=O. The average Bonchev–Trinajstić information content (AvgIpc) is 2.48. The third-order valence-electron chi connectivity index (χ3n) is 2.13. The van der Waals surface area contributed by atoms with Gasteiger partial charge in [-0.05, 0) is 26.3 Å². The summed E-state index contributed by atoms with van der Waals surface area (Å²) in [6.07, 6.45) is 5.64. The summed E-state index contributed by atoms with van der Waals surface area (Å²) in [4.78, 5) is 11.2. The summed E-state index contributed by atoms with van der Waals surface area (Å²) in [7, 11) is 0. The molecule has 0 aromatic heterocycles. The van der Waals surface area contributed by atoms with Crippen molar-refractivity contribution in [3.63, 3.8) is 0 Å². The van der Waals surface area contributed by atoms with E-state index in [1.54, 1.807) is 6.08 Å². The molecule has 13 heavy (non-hydrogen) atoms. The maximum absolute atomic E-state index is 11.2. The second-order valence-electron chi connectivity index (χ2n) is 2.94. The Labute approximate surface area is 78.6 Å². The van der Waals surface area contributed by atoms with E-state index in [9.17, 15) is 4.79 Å². The van der Waals surface area contributed by atoms with E-state index in [0.29, 0.717) is 12.2 Å². The van der Waals surface area contributed by atoms with E-state index in [1.165, 1.54) is 0 Å². The van der Waals surface area contributed by atoms with E-state index < -0.39 is 0 Å². The lowest BCUT2D eigenvalue weighted by Crippen LogP contribution is -1.96. The van der Waals surface area contributed by atoms with Gasteiger partial charge in [0.05, 0.1) is 5.57 Å². The van der Waals surface area contributed by atoms with Gasteiger partial charge in [0.2, 0.25) is 0 Å². The van der Waals surface area contributed by atoms with Crippen LogP contribution in [0, 0.1) is 0 Å². The number of esters is 1. The number of hydrogen-bond acceptors (Lipinski definition) is 2. The maximum atomic E-state index is 11.2. The Morgan fingerprint density at radius 1 is 1.46 bits per heavy atom. The third kappa shape index (κ3) is 1.89. The first kappa shape index (κ1) is 9.78. The van der Waals surface area contributed by atoms with Gasteiger partial charge >= 0.3 is 5.97 Å². The summed E-state index contributed by atoms with van der Waals surface area (Å²) < 4.78 is 4.95. The average molecular weight is 178 g/mol. The van der Waals surface area contributed by atoms with Crippen LogP contribution in [0.15, 0.2) is 34.9 Å². The molecule has 0 fully saturated rings. The highest BCUT2D eigenvalue weighted by atomic mass is 16.5. The van der Waals surface area contributed by atoms with Gasteiger partial charge in [-0.25, -0.2) is 4.79 Å². The van der Waals surface area contributed by atoms with Crippen LogP contribution in [0.3, 0.4) is 0 Å². The fourth-order valence-corrected chi connectivity index (χ4v) is 1.25. The standard InChI is InChI=1S/C11H14O2/c1-4-6-9-10(8(3)5-2)7-13-11(9)12/h4-6H,7H2,1-3H3/b6-4-,8-5-. The fraction of sp³-hybridized carbons (Fsp3) is 0.364. The molecule has 2 nitrogen and oxygen atoms in total. The number of carbonyl (C=O) groups is 1. The Morgan fingerprint density at radius 2 is 2.15 bits per heavy atom. The van der Waals surface area contributed by atoms with Gasteiger partial charge in [-0.1, -0.05) is 18.2 Å². The number of carbonyl (C=O) groups excluding carboxylic acids is 1.